The molecule has 6 nitrogen and oxygen atoms in total. The van der Waals surface area contributed by atoms with Crippen molar-refractivity contribution in [3.05, 3.63) is 0 Å². The van der Waals surface area contributed by atoms with E-state index >= 15 is 0 Å². The van der Waals surface area contributed by atoms with Gasteiger partial charge in [-0.05, 0) is 58.5 Å². The van der Waals surface area contributed by atoms with Crippen LogP contribution in [-0.4, -0.2) is 51.3 Å². The van der Waals surface area contributed by atoms with Crippen molar-refractivity contribution in [2.24, 2.45) is 11.3 Å². The second kappa shape index (κ2) is 10.2. The molecule has 2 fully saturated rings. The van der Waals surface area contributed by atoms with Crippen LogP contribution in [0.15, 0.2) is 0 Å². The molecule has 0 aromatic rings. The molecule has 1 saturated carbocycles. The summed E-state index contributed by atoms with van der Waals surface area (Å²) in [5.41, 5.74) is -0.405. The van der Waals surface area contributed by atoms with Crippen LogP contribution in [0.5, 0.6) is 0 Å². The molecule has 2 rings (SSSR count). The molecule has 140 valence electrons. The molecule has 2 N–H and O–H groups in total. The van der Waals surface area contributed by atoms with Gasteiger partial charge in [0.05, 0.1) is 24.5 Å². The summed E-state index contributed by atoms with van der Waals surface area (Å²) in [7, 11) is 1.65. The number of carbonyl (C=O) groups is 2. The van der Waals surface area contributed by atoms with E-state index in [9.17, 15) is 9.59 Å². The molecule has 0 spiro atoms. The van der Waals surface area contributed by atoms with Gasteiger partial charge in [0.2, 0.25) is 5.91 Å². The number of rotatable bonds is 6. The van der Waals surface area contributed by atoms with Gasteiger partial charge in [-0.1, -0.05) is 0 Å². The largest absolute Gasteiger partial charge is 0.466 e. The lowest BCUT2D eigenvalue weighted by molar-refractivity contribution is -0.149. The lowest BCUT2D eigenvalue weighted by Gasteiger charge is -2.37. The number of carbonyl (C=O) groups excluding carboxylic acids is 2. The molecule has 1 heterocycles. The highest BCUT2D eigenvalue weighted by atomic mass is 35.5. The fraction of sp³-hybridized carbons (Fsp3) is 0.882. The van der Waals surface area contributed by atoms with Gasteiger partial charge in [-0.3, -0.25) is 9.59 Å². The Kier molecular flexibility index (Phi) is 9.02. The number of hydrogen-bond acceptors (Lipinski definition) is 5. The van der Waals surface area contributed by atoms with E-state index in [1.54, 1.807) is 7.11 Å². The molecule has 24 heavy (non-hydrogen) atoms. The summed E-state index contributed by atoms with van der Waals surface area (Å²) in [5.74, 6) is 0.0156. The molecule has 0 atom stereocenters. The van der Waals surface area contributed by atoms with Crippen LogP contribution >= 0.6 is 12.4 Å². The van der Waals surface area contributed by atoms with Crippen molar-refractivity contribution in [1.29, 1.82) is 0 Å². The lowest BCUT2D eigenvalue weighted by Crippen LogP contribution is -2.53. The number of nitrogens with one attached hydrogen (secondary N) is 2. The van der Waals surface area contributed by atoms with Crippen molar-refractivity contribution in [3.63, 3.8) is 0 Å². The Morgan fingerprint density at radius 2 is 1.79 bits per heavy atom. The molecule has 1 amide bonds. The fourth-order valence-corrected chi connectivity index (χ4v) is 3.69. The molecule has 0 bridgehead atoms. The number of hydrogen-bond donors (Lipinski definition) is 2. The van der Waals surface area contributed by atoms with E-state index in [0.29, 0.717) is 13.2 Å². The van der Waals surface area contributed by atoms with Gasteiger partial charge in [-0.25, -0.2) is 0 Å². The van der Waals surface area contributed by atoms with E-state index in [0.717, 1.165) is 51.6 Å². The summed E-state index contributed by atoms with van der Waals surface area (Å²) in [5, 5.41) is 6.51. The first-order valence-corrected chi connectivity index (χ1v) is 8.78. The van der Waals surface area contributed by atoms with Gasteiger partial charge in [0.25, 0.3) is 0 Å². The molecule has 1 aliphatic carbocycles. The Hall–Kier alpha value is -0.850. The highest BCUT2D eigenvalue weighted by Gasteiger charge is 2.41. The maximum Gasteiger partial charge on any atom is 0.308 e. The third-order valence-electron chi connectivity index (χ3n) is 5.15. The summed E-state index contributed by atoms with van der Waals surface area (Å²) >= 11 is 0. The maximum absolute atomic E-state index is 12.8. The average molecular weight is 363 g/mol. The third kappa shape index (κ3) is 5.33. The minimum Gasteiger partial charge on any atom is -0.466 e. The molecule has 0 aromatic carbocycles. The van der Waals surface area contributed by atoms with Gasteiger partial charge < -0.3 is 20.1 Å². The van der Waals surface area contributed by atoms with Gasteiger partial charge in [0, 0.05) is 13.2 Å². The Balaban J connectivity index is 0.00000288. The number of methoxy groups -OCH3 is 1. The lowest BCUT2D eigenvalue weighted by atomic mass is 9.78. The monoisotopic (exact) mass is 362 g/mol. The van der Waals surface area contributed by atoms with E-state index in [1.807, 2.05) is 6.92 Å². The Bertz CT molecular complexity index is 400. The first-order chi connectivity index (χ1) is 11.1. The Labute approximate surface area is 150 Å². The summed E-state index contributed by atoms with van der Waals surface area (Å²) in [6.07, 6.45) is 4.90. The topological polar surface area (TPSA) is 76.7 Å². The van der Waals surface area contributed by atoms with Crippen LogP contribution in [0.3, 0.4) is 0 Å². The first kappa shape index (κ1) is 21.2. The maximum atomic E-state index is 12.8. The molecule has 7 heteroatoms. The SMILES string of the molecule is CCOC(=O)C1CCC(NC(=O)C2(COC)CCNCC2)CC1.Cl. The number of ether oxygens (including phenoxy) is 2. The van der Waals surface area contributed by atoms with Crippen LogP contribution in [0.25, 0.3) is 0 Å². The summed E-state index contributed by atoms with van der Waals surface area (Å²) in [6.45, 7) is 4.44. The molecule has 2 aliphatic rings. The fourth-order valence-electron chi connectivity index (χ4n) is 3.69. The zero-order chi connectivity index (χ0) is 16.7. The van der Waals surface area contributed by atoms with E-state index in [-0.39, 0.29) is 36.2 Å². The normalized spacial score (nSPS) is 26.1. The second-order valence-electron chi connectivity index (χ2n) is 6.74. The van der Waals surface area contributed by atoms with Crippen molar-refractivity contribution < 1.29 is 19.1 Å². The van der Waals surface area contributed by atoms with Crippen LogP contribution in [0, 0.1) is 11.3 Å². The zero-order valence-corrected chi connectivity index (χ0v) is 15.6. The standard InChI is InChI=1S/C17H30N2O4.ClH/c1-3-23-15(20)13-4-6-14(7-5-13)19-16(21)17(12-22-2)8-10-18-11-9-17;/h13-14,18H,3-12H2,1-2H3,(H,19,21);1H. The Morgan fingerprint density at radius 1 is 1.17 bits per heavy atom. The molecule has 0 radical (unpaired) electrons. The number of esters is 1. The predicted molar refractivity (Wildman–Crippen MR) is 94.2 cm³/mol. The minimum absolute atomic E-state index is 0. The minimum atomic E-state index is -0.405. The quantitative estimate of drug-likeness (QED) is 0.703. The zero-order valence-electron chi connectivity index (χ0n) is 14.8. The summed E-state index contributed by atoms with van der Waals surface area (Å²) in [4.78, 5) is 24.6. The summed E-state index contributed by atoms with van der Waals surface area (Å²) in [6, 6.07) is 0.164. The second-order valence-corrected chi connectivity index (χ2v) is 6.74. The van der Waals surface area contributed by atoms with Gasteiger partial charge in [0.15, 0.2) is 0 Å². The van der Waals surface area contributed by atoms with Crippen molar-refractivity contribution in [3.8, 4) is 0 Å². The van der Waals surface area contributed by atoms with Crippen LogP contribution in [-0.2, 0) is 19.1 Å². The van der Waals surface area contributed by atoms with Crippen LogP contribution in [0.4, 0.5) is 0 Å². The van der Waals surface area contributed by atoms with Crippen LogP contribution in [0.2, 0.25) is 0 Å². The Morgan fingerprint density at radius 3 is 2.33 bits per heavy atom. The van der Waals surface area contributed by atoms with Crippen LogP contribution < -0.4 is 10.6 Å². The van der Waals surface area contributed by atoms with E-state index in [2.05, 4.69) is 10.6 Å². The van der Waals surface area contributed by atoms with Crippen molar-refractivity contribution in [2.75, 3.05) is 33.4 Å². The molecular weight excluding hydrogens is 332 g/mol. The van der Waals surface area contributed by atoms with E-state index in [4.69, 9.17) is 9.47 Å². The average Bonchev–Trinajstić information content (AvgIpc) is 2.57. The molecule has 0 unspecified atom stereocenters. The van der Waals surface area contributed by atoms with Gasteiger partial charge >= 0.3 is 5.97 Å². The summed E-state index contributed by atoms with van der Waals surface area (Å²) < 4.78 is 10.4. The van der Waals surface area contributed by atoms with Crippen molar-refractivity contribution >= 4 is 24.3 Å². The van der Waals surface area contributed by atoms with Gasteiger partial charge in [-0.15, -0.1) is 12.4 Å². The molecule has 1 aliphatic heterocycles. The highest BCUT2D eigenvalue weighted by molar-refractivity contribution is 5.85. The van der Waals surface area contributed by atoms with Crippen LogP contribution in [0.1, 0.15) is 45.4 Å². The van der Waals surface area contributed by atoms with E-state index < -0.39 is 5.41 Å². The smallest absolute Gasteiger partial charge is 0.308 e. The molecule has 1 saturated heterocycles. The molecule has 0 aromatic heterocycles. The van der Waals surface area contributed by atoms with Crippen molar-refractivity contribution in [1.82, 2.24) is 10.6 Å². The van der Waals surface area contributed by atoms with Gasteiger partial charge in [-0.2, -0.15) is 0 Å². The highest BCUT2D eigenvalue weighted by Crippen LogP contribution is 2.31. The first-order valence-electron chi connectivity index (χ1n) is 8.78. The van der Waals surface area contributed by atoms with Crippen molar-refractivity contribution in [2.45, 2.75) is 51.5 Å². The number of halogens is 1. The number of piperidine rings is 1. The molecular formula is C17H31ClN2O4. The van der Waals surface area contributed by atoms with Gasteiger partial charge in [0.1, 0.15) is 0 Å². The van der Waals surface area contributed by atoms with E-state index in [1.165, 1.54) is 0 Å². The predicted octanol–water partition coefficient (Wildman–Crippen LogP) is 1.66. The number of amides is 1. The third-order valence-corrected chi connectivity index (χ3v) is 5.15.